The summed E-state index contributed by atoms with van der Waals surface area (Å²) in [6.07, 6.45) is 2.71. The van der Waals surface area contributed by atoms with Gasteiger partial charge in [-0.05, 0) is 66.2 Å². The van der Waals surface area contributed by atoms with Crippen molar-refractivity contribution < 1.29 is 0 Å². The van der Waals surface area contributed by atoms with E-state index in [1.807, 2.05) is 6.07 Å². The maximum Gasteiger partial charge on any atom is 0.0409 e. The van der Waals surface area contributed by atoms with Crippen LogP contribution in [0, 0.1) is 3.57 Å². The van der Waals surface area contributed by atoms with Crippen molar-refractivity contribution in [3.05, 3.63) is 32.4 Å². The largest absolute Gasteiger partial charge is 0.313 e. The van der Waals surface area contributed by atoms with Crippen molar-refractivity contribution in [2.75, 3.05) is 20.1 Å². The number of nitrogens with zero attached hydrogens (tertiary/aromatic N) is 1. The van der Waals surface area contributed by atoms with Gasteiger partial charge >= 0.3 is 0 Å². The Morgan fingerprint density at radius 2 is 2.24 bits per heavy atom. The molecule has 1 saturated carbocycles. The van der Waals surface area contributed by atoms with Gasteiger partial charge in [-0.3, -0.25) is 0 Å². The van der Waals surface area contributed by atoms with E-state index in [0.29, 0.717) is 0 Å². The molecule has 94 valence electrons. The molecular weight excluding hydrogens is 347 g/mol. The SMILES string of the molecule is CN(CCNC1CC1)Cc1cc(Cl)ccc1I. The Labute approximate surface area is 122 Å². The molecule has 0 unspecified atom stereocenters. The molecule has 2 nitrogen and oxygen atoms in total. The fourth-order valence-corrected chi connectivity index (χ4v) is 2.48. The first kappa shape index (κ1) is 13.6. The van der Waals surface area contributed by atoms with Crippen LogP contribution >= 0.6 is 34.2 Å². The van der Waals surface area contributed by atoms with Crippen LogP contribution in [0.4, 0.5) is 0 Å². The Hall–Kier alpha value is 0.160. The predicted octanol–water partition coefficient (Wildman–Crippen LogP) is 3.13. The van der Waals surface area contributed by atoms with Crippen LogP contribution < -0.4 is 5.32 Å². The van der Waals surface area contributed by atoms with E-state index in [9.17, 15) is 0 Å². The molecule has 0 amide bonds. The number of benzene rings is 1. The number of nitrogens with one attached hydrogen (secondary N) is 1. The molecule has 1 aliphatic rings. The van der Waals surface area contributed by atoms with Gasteiger partial charge in [-0.25, -0.2) is 0 Å². The third-order valence-corrected chi connectivity index (χ3v) is 4.24. The van der Waals surface area contributed by atoms with Gasteiger partial charge in [0.1, 0.15) is 0 Å². The molecule has 1 fully saturated rings. The van der Waals surface area contributed by atoms with Crippen LogP contribution in [0.15, 0.2) is 18.2 Å². The van der Waals surface area contributed by atoms with Gasteiger partial charge in [0.2, 0.25) is 0 Å². The Bertz CT molecular complexity index is 380. The summed E-state index contributed by atoms with van der Waals surface area (Å²) in [5.74, 6) is 0. The lowest BCUT2D eigenvalue weighted by molar-refractivity contribution is 0.323. The lowest BCUT2D eigenvalue weighted by Gasteiger charge is -2.18. The highest BCUT2D eigenvalue weighted by Gasteiger charge is 2.19. The van der Waals surface area contributed by atoms with Crippen LogP contribution in [-0.2, 0) is 6.54 Å². The molecule has 0 radical (unpaired) electrons. The molecule has 1 aromatic carbocycles. The Balaban J connectivity index is 1.79. The second-order valence-electron chi connectivity index (χ2n) is 4.70. The molecule has 0 spiro atoms. The Morgan fingerprint density at radius 3 is 2.94 bits per heavy atom. The second-order valence-corrected chi connectivity index (χ2v) is 6.30. The van der Waals surface area contributed by atoms with Gasteiger partial charge in [-0.15, -0.1) is 0 Å². The lowest BCUT2D eigenvalue weighted by atomic mass is 10.2. The minimum absolute atomic E-state index is 0.801. The molecule has 0 heterocycles. The monoisotopic (exact) mass is 364 g/mol. The molecule has 1 aromatic rings. The Morgan fingerprint density at radius 1 is 1.47 bits per heavy atom. The van der Waals surface area contributed by atoms with Crippen molar-refractivity contribution in [3.63, 3.8) is 0 Å². The van der Waals surface area contributed by atoms with E-state index in [-0.39, 0.29) is 0 Å². The average Bonchev–Trinajstić information content (AvgIpc) is 3.07. The lowest BCUT2D eigenvalue weighted by Crippen LogP contribution is -2.30. The van der Waals surface area contributed by atoms with Crippen molar-refractivity contribution in [1.82, 2.24) is 10.2 Å². The summed E-state index contributed by atoms with van der Waals surface area (Å²) in [6, 6.07) is 6.89. The molecule has 0 atom stereocenters. The fourth-order valence-electron chi connectivity index (χ4n) is 1.78. The zero-order valence-electron chi connectivity index (χ0n) is 10.0. The highest BCUT2D eigenvalue weighted by atomic mass is 127. The minimum Gasteiger partial charge on any atom is -0.313 e. The van der Waals surface area contributed by atoms with E-state index in [2.05, 4.69) is 52.0 Å². The van der Waals surface area contributed by atoms with Crippen LogP contribution in [0.25, 0.3) is 0 Å². The van der Waals surface area contributed by atoms with E-state index in [4.69, 9.17) is 11.6 Å². The predicted molar refractivity (Wildman–Crippen MR) is 81.5 cm³/mol. The van der Waals surface area contributed by atoms with Gasteiger partial charge in [-0.1, -0.05) is 11.6 Å². The van der Waals surface area contributed by atoms with E-state index in [1.165, 1.54) is 22.0 Å². The van der Waals surface area contributed by atoms with Crippen LogP contribution in [-0.4, -0.2) is 31.1 Å². The summed E-state index contributed by atoms with van der Waals surface area (Å²) in [6.45, 7) is 3.13. The number of hydrogen-bond donors (Lipinski definition) is 1. The maximum atomic E-state index is 6.02. The van der Waals surface area contributed by atoms with E-state index in [0.717, 1.165) is 30.7 Å². The highest BCUT2D eigenvalue weighted by molar-refractivity contribution is 14.1. The first-order chi connectivity index (χ1) is 8.15. The minimum atomic E-state index is 0.801. The zero-order chi connectivity index (χ0) is 12.3. The van der Waals surface area contributed by atoms with Gasteiger partial charge in [0.15, 0.2) is 0 Å². The van der Waals surface area contributed by atoms with Gasteiger partial charge in [0.25, 0.3) is 0 Å². The molecule has 4 heteroatoms. The van der Waals surface area contributed by atoms with Crippen molar-refractivity contribution in [1.29, 1.82) is 0 Å². The summed E-state index contributed by atoms with van der Waals surface area (Å²) in [5.41, 5.74) is 1.31. The molecule has 2 rings (SSSR count). The van der Waals surface area contributed by atoms with Crippen LogP contribution in [0.3, 0.4) is 0 Å². The highest BCUT2D eigenvalue weighted by Crippen LogP contribution is 2.19. The van der Waals surface area contributed by atoms with E-state index >= 15 is 0 Å². The summed E-state index contributed by atoms with van der Waals surface area (Å²) >= 11 is 8.39. The van der Waals surface area contributed by atoms with Gasteiger partial charge in [0.05, 0.1) is 0 Å². The van der Waals surface area contributed by atoms with Crippen LogP contribution in [0.2, 0.25) is 5.02 Å². The molecule has 0 saturated heterocycles. The first-order valence-electron chi connectivity index (χ1n) is 6.01. The second kappa shape index (κ2) is 6.36. The number of rotatable bonds is 6. The van der Waals surface area contributed by atoms with Crippen molar-refractivity contribution >= 4 is 34.2 Å². The quantitative estimate of drug-likeness (QED) is 0.780. The normalized spacial score (nSPS) is 15.5. The van der Waals surface area contributed by atoms with Gasteiger partial charge in [0, 0.05) is 34.3 Å². The third kappa shape index (κ3) is 4.73. The number of likely N-dealkylation sites (N-methyl/N-ethyl adjacent to an activating group) is 1. The number of hydrogen-bond acceptors (Lipinski definition) is 2. The third-order valence-electron chi connectivity index (χ3n) is 2.95. The summed E-state index contributed by atoms with van der Waals surface area (Å²) in [5, 5.41) is 4.35. The summed E-state index contributed by atoms with van der Waals surface area (Å²) in [4.78, 5) is 2.34. The van der Waals surface area contributed by atoms with Gasteiger partial charge < -0.3 is 10.2 Å². The zero-order valence-corrected chi connectivity index (χ0v) is 13.0. The summed E-state index contributed by atoms with van der Waals surface area (Å²) in [7, 11) is 2.16. The van der Waals surface area contributed by atoms with E-state index in [1.54, 1.807) is 0 Å². The Kier molecular flexibility index (Phi) is 5.09. The van der Waals surface area contributed by atoms with Crippen LogP contribution in [0.5, 0.6) is 0 Å². The molecule has 0 bridgehead atoms. The van der Waals surface area contributed by atoms with E-state index < -0.39 is 0 Å². The first-order valence-corrected chi connectivity index (χ1v) is 7.46. The molecule has 0 aliphatic heterocycles. The van der Waals surface area contributed by atoms with Crippen LogP contribution in [0.1, 0.15) is 18.4 Å². The molecule has 1 N–H and O–H groups in total. The number of halogens is 2. The molecule has 0 aromatic heterocycles. The van der Waals surface area contributed by atoms with Crippen molar-refractivity contribution in [3.8, 4) is 0 Å². The molecular formula is C13H18ClIN2. The molecule has 1 aliphatic carbocycles. The van der Waals surface area contributed by atoms with Crippen molar-refractivity contribution in [2.24, 2.45) is 0 Å². The maximum absolute atomic E-state index is 6.02. The standard InChI is InChI=1S/C13H18ClIN2/c1-17(7-6-16-12-3-4-12)9-10-8-11(14)2-5-13(10)15/h2,5,8,12,16H,3-4,6-7,9H2,1H3. The topological polar surface area (TPSA) is 15.3 Å². The molecule has 17 heavy (non-hydrogen) atoms. The van der Waals surface area contributed by atoms with Crippen molar-refractivity contribution in [2.45, 2.75) is 25.4 Å². The summed E-state index contributed by atoms with van der Waals surface area (Å²) < 4.78 is 1.29. The smallest absolute Gasteiger partial charge is 0.0409 e. The van der Waals surface area contributed by atoms with Gasteiger partial charge in [-0.2, -0.15) is 0 Å². The average molecular weight is 365 g/mol. The fraction of sp³-hybridized carbons (Fsp3) is 0.538.